The molecule has 0 atom stereocenters. The van der Waals surface area contributed by atoms with Gasteiger partial charge in [-0.2, -0.15) is 0 Å². The van der Waals surface area contributed by atoms with Crippen molar-refractivity contribution < 1.29 is 9.53 Å². The molecule has 0 radical (unpaired) electrons. The predicted octanol–water partition coefficient (Wildman–Crippen LogP) is 0.671. The van der Waals surface area contributed by atoms with Crippen molar-refractivity contribution in [2.24, 2.45) is 0 Å². The maximum atomic E-state index is 11.3. The summed E-state index contributed by atoms with van der Waals surface area (Å²) in [6.07, 6.45) is 6.07. The topological polar surface area (TPSA) is 61.2 Å². The Bertz CT molecular complexity index is 449. The molecule has 0 fully saturated rings. The highest BCUT2D eigenvalue weighted by atomic mass is 16.5. The minimum Gasteiger partial charge on any atom is -0.463 e. The van der Waals surface area contributed by atoms with Crippen molar-refractivity contribution in [1.82, 2.24) is 9.55 Å². The second-order valence-electron chi connectivity index (χ2n) is 3.22. The summed E-state index contributed by atoms with van der Waals surface area (Å²) < 4.78 is 6.13. The maximum absolute atomic E-state index is 11.3. The first-order valence-corrected chi connectivity index (χ1v) is 5.00. The standard InChI is InChI=1S/C11H14N2O3/c1-3-16-10(14)5-4-6-13-8-9(2)7-12-11(13)15/h4-5,7-8H,3,6H2,1-2H3/b5-4+. The lowest BCUT2D eigenvalue weighted by Crippen LogP contribution is -2.21. The second-order valence-corrected chi connectivity index (χ2v) is 3.22. The van der Waals surface area contributed by atoms with Crippen LogP contribution in [0.1, 0.15) is 12.5 Å². The van der Waals surface area contributed by atoms with Crippen molar-refractivity contribution in [1.29, 1.82) is 0 Å². The number of hydrogen-bond donors (Lipinski definition) is 0. The van der Waals surface area contributed by atoms with Crippen LogP contribution in [0.4, 0.5) is 0 Å². The lowest BCUT2D eigenvalue weighted by molar-refractivity contribution is -0.137. The number of ether oxygens (including phenoxy) is 1. The van der Waals surface area contributed by atoms with Gasteiger partial charge in [0, 0.05) is 25.0 Å². The molecule has 0 N–H and O–H groups in total. The fraction of sp³-hybridized carbons (Fsp3) is 0.364. The second kappa shape index (κ2) is 5.85. The van der Waals surface area contributed by atoms with Crippen molar-refractivity contribution in [3.63, 3.8) is 0 Å². The number of esters is 1. The van der Waals surface area contributed by atoms with Crippen LogP contribution in [0.15, 0.2) is 29.3 Å². The molecule has 5 nitrogen and oxygen atoms in total. The molecule has 86 valence electrons. The average molecular weight is 222 g/mol. The molecule has 0 aromatic carbocycles. The molecule has 0 amide bonds. The van der Waals surface area contributed by atoms with Gasteiger partial charge in [0.15, 0.2) is 0 Å². The highest BCUT2D eigenvalue weighted by molar-refractivity contribution is 5.81. The van der Waals surface area contributed by atoms with E-state index in [9.17, 15) is 9.59 Å². The fourth-order valence-electron chi connectivity index (χ4n) is 1.15. The van der Waals surface area contributed by atoms with Gasteiger partial charge in [-0.3, -0.25) is 4.57 Å². The molecule has 1 heterocycles. The van der Waals surface area contributed by atoms with E-state index in [1.54, 1.807) is 19.2 Å². The number of carbonyl (C=O) groups excluding carboxylic acids is 1. The number of carbonyl (C=O) groups is 1. The molecule has 5 heteroatoms. The zero-order chi connectivity index (χ0) is 12.0. The summed E-state index contributed by atoms with van der Waals surface area (Å²) in [6, 6.07) is 0. The van der Waals surface area contributed by atoms with Gasteiger partial charge < -0.3 is 4.74 Å². The predicted molar refractivity (Wildman–Crippen MR) is 59.0 cm³/mol. The Morgan fingerprint density at radius 2 is 2.38 bits per heavy atom. The van der Waals surface area contributed by atoms with E-state index in [1.807, 2.05) is 6.92 Å². The Hall–Kier alpha value is -1.91. The van der Waals surface area contributed by atoms with Crippen molar-refractivity contribution >= 4 is 5.97 Å². The summed E-state index contributed by atoms with van der Waals surface area (Å²) in [5.41, 5.74) is 0.559. The molecule has 0 aliphatic rings. The molecule has 0 bridgehead atoms. The Morgan fingerprint density at radius 1 is 1.62 bits per heavy atom. The van der Waals surface area contributed by atoms with Gasteiger partial charge in [0.05, 0.1) is 6.61 Å². The molecule has 0 spiro atoms. The summed E-state index contributed by atoms with van der Waals surface area (Å²) >= 11 is 0. The van der Waals surface area contributed by atoms with E-state index in [2.05, 4.69) is 4.98 Å². The van der Waals surface area contributed by atoms with Crippen LogP contribution in [0.3, 0.4) is 0 Å². The summed E-state index contributed by atoms with van der Waals surface area (Å²) in [5.74, 6) is -0.406. The first-order chi connectivity index (χ1) is 7.63. The molecule has 1 aromatic rings. The van der Waals surface area contributed by atoms with Crippen molar-refractivity contribution in [2.45, 2.75) is 20.4 Å². The normalized spacial score (nSPS) is 10.6. The first kappa shape index (κ1) is 12.2. The summed E-state index contributed by atoms with van der Waals surface area (Å²) in [6.45, 7) is 4.24. The summed E-state index contributed by atoms with van der Waals surface area (Å²) in [4.78, 5) is 25.9. The molecule has 1 aromatic heterocycles. The van der Waals surface area contributed by atoms with E-state index in [-0.39, 0.29) is 5.69 Å². The number of nitrogens with zero attached hydrogens (tertiary/aromatic N) is 2. The lowest BCUT2D eigenvalue weighted by Gasteiger charge is -2.01. The van der Waals surface area contributed by atoms with Gasteiger partial charge in [-0.15, -0.1) is 0 Å². The summed E-state index contributed by atoms with van der Waals surface area (Å²) in [7, 11) is 0. The highest BCUT2D eigenvalue weighted by Crippen LogP contribution is 1.90. The average Bonchev–Trinajstić information content (AvgIpc) is 2.23. The third-order valence-electron chi connectivity index (χ3n) is 1.83. The Kier molecular flexibility index (Phi) is 4.44. The van der Waals surface area contributed by atoms with Gasteiger partial charge in [-0.1, -0.05) is 6.08 Å². The SMILES string of the molecule is CCOC(=O)/C=C/Cn1cc(C)cnc1=O. The molecule has 0 saturated carbocycles. The Balaban J connectivity index is 2.64. The van der Waals surface area contributed by atoms with Crippen LogP contribution in [-0.4, -0.2) is 22.1 Å². The van der Waals surface area contributed by atoms with Crippen LogP contribution >= 0.6 is 0 Å². The maximum Gasteiger partial charge on any atom is 0.347 e. The number of hydrogen-bond acceptors (Lipinski definition) is 4. The Morgan fingerprint density at radius 3 is 3.06 bits per heavy atom. The highest BCUT2D eigenvalue weighted by Gasteiger charge is 1.96. The van der Waals surface area contributed by atoms with E-state index < -0.39 is 5.97 Å². The van der Waals surface area contributed by atoms with E-state index in [1.165, 1.54) is 16.8 Å². The molecule has 0 saturated heterocycles. The van der Waals surface area contributed by atoms with E-state index >= 15 is 0 Å². The number of aromatic nitrogens is 2. The number of rotatable bonds is 4. The fourth-order valence-corrected chi connectivity index (χ4v) is 1.15. The molecule has 0 aliphatic heterocycles. The van der Waals surface area contributed by atoms with Crippen LogP contribution in [0, 0.1) is 6.92 Å². The van der Waals surface area contributed by atoms with Crippen LogP contribution in [0.25, 0.3) is 0 Å². The molecular weight excluding hydrogens is 208 g/mol. The van der Waals surface area contributed by atoms with Crippen LogP contribution in [-0.2, 0) is 16.1 Å². The minimum absolute atomic E-state index is 0.312. The Labute approximate surface area is 93.4 Å². The van der Waals surface area contributed by atoms with E-state index in [0.717, 1.165) is 5.56 Å². The van der Waals surface area contributed by atoms with E-state index in [0.29, 0.717) is 13.2 Å². The third kappa shape index (κ3) is 3.68. The zero-order valence-corrected chi connectivity index (χ0v) is 9.34. The van der Waals surface area contributed by atoms with E-state index in [4.69, 9.17) is 4.74 Å². The minimum atomic E-state index is -0.406. The molecule has 16 heavy (non-hydrogen) atoms. The molecular formula is C11H14N2O3. The van der Waals surface area contributed by atoms with Crippen LogP contribution in [0.2, 0.25) is 0 Å². The molecule has 0 aliphatic carbocycles. The molecule has 0 unspecified atom stereocenters. The molecule has 1 rings (SSSR count). The third-order valence-corrected chi connectivity index (χ3v) is 1.83. The van der Waals surface area contributed by atoms with Gasteiger partial charge >= 0.3 is 11.7 Å². The quantitative estimate of drug-likeness (QED) is 0.555. The lowest BCUT2D eigenvalue weighted by atomic mass is 10.4. The zero-order valence-electron chi connectivity index (χ0n) is 9.34. The van der Waals surface area contributed by atoms with Crippen molar-refractivity contribution in [3.8, 4) is 0 Å². The first-order valence-electron chi connectivity index (χ1n) is 5.00. The van der Waals surface area contributed by atoms with Crippen molar-refractivity contribution in [3.05, 3.63) is 40.6 Å². The van der Waals surface area contributed by atoms with Crippen LogP contribution < -0.4 is 5.69 Å². The van der Waals surface area contributed by atoms with Gasteiger partial charge in [0.1, 0.15) is 0 Å². The van der Waals surface area contributed by atoms with Crippen molar-refractivity contribution in [2.75, 3.05) is 6.61 Å². The smallest absolute Gasteiger partial charge is 0.347 e. The van der Waals surface area contributed by atoms with Gasteiger partial charge in [0.2, 0.25) is 0 Å². The monoisotopic (exact) mass is 222 g/mol. The van der Waals surface area contributed by atoms with Crippen LogP contribution in [0.5, 0.6) is 0 Å². The summed E-state index contributed by atoms with van der Waals surface area (Å²) in [5, 5.41) is 0. The van der Waals surface area contributed by atoms with Gasteiger partial charge in [-0.25, -0.2) is 14.6 Å². The largest absolute Gasteiger partial charge is 0.463 e. The number of aryl methyl sites for hydroxylation is 1. The number of allylic oxidation sites excluding steroid dienone is 1. The van der Waals surface area contributed by atoms with Gasteiger partial charge in [-0.05, 0) is 19.4 Å². The van der Waals surface area contributed by atoms with Gasteiger partial charge in [0.25, 0.3) is 0 Å².